The highest BCUT2D eigenvalue weighted by atomic mass is 31.0. The molecule has 1 aromatic rings. The van der Waals surface area contributed by atoms with Crippen LogP contribution in [0.4, 0.5) is 5.82 Å². The largest absolute Gasteiger partial charge is 0.461 e. The fraction of sp³-hybridized carbons (Fsp3) is 0.286. The SMILES string of the molecule is CCOC(=O)c1nccnc1NP. The van der Waals surface area contributed by atoms with E-state index in [1.54, 1.807) is 6.92 Å². The van der Waals surface area contributed by atoms with Crippen LogP contribution in [0, 0.1) is 0 Å². The lowest BCUT2D eigenvalue weighted by atomic mass is 10.4. The van der Waals surface area contributed by atoms with Crippen LogP contribution in [-0.2, 0) is 4.74 Å². The molecule has 0 aromatic carbocycles. The molecule has 13 heavy (non-hydrogen) atoms. The highest BCUT2D eigenvalue weighted by Crippen LogP contribution is 2.10. The van der Waals surface area contributed by atoms with Crippen molar-refractivity contribution in [1.82, 2.24) is 9.97 Å². The lowest BCUT2D eigenvalue weighted by Crippen LogP contribution is -2.09. The van der Waals surface area contributed by atoms with E-state index in [0.717, 1.165) is 0 Å². The van der Waals surface area contributed by atoms with E-state index in [1.807, 2.05) is 0 Å². The molecule has 1 atom stereocenters. The van der Waals surface area contributed by atoms with E-state index in [0.29, 0.717) is 12.4 Å². The highest BCUT2D eigenvalue weighted by molar-refractivity contribution is 7.18. The Kier molecular flexibility index (Phi) is 3.58. The number of carbonyl (C=O) groups excluding carboxylic acids is 1. The molecule has 1 N–H and O–H groups in total. The Morgan fingerprint density at radius 2 is 2.31 bits per heavy atom. The van der Waals surface area contributed by atoms with Crippen LogP contribution in [0.5, 0.6) is 0 Å². The predicted octanol–water partition coefficient (Wildman–Crippen LogP) is 0.855. The van der Waals surface area contributed by atoms with Crippen molar-refractivity contribution < 1.29 is 9.53 Å². The lowest BCUT2D eigenvalue weighted by Gasteiger charge is -2.04. The van der Waals surface area contributed by atoms with Crippen LogP contribution in [0.2, 0.25) is 0 Å². The first-order chi connectivity index (χ1) is 6.29. The Morgan fingerprint density at radius 3 is 2.92 bits per heavy atom. The van der Waals surface area contributed by atoms with Gasteiger partial charge in [-0.25, -0.2) is 14.8 Å². The molecule has 1 rings (SSSR count). The fourth-order valence-corrected chi connectivity index (χ4v) is 1.00. The van der Waals surface area contributed by atoms with Crippen molar-refractivity contribution >= 4 is 21.2 Å². The number of anilines is 1. The van der Waals surface area contributed by atoms with Crippen molar-refractivity contribution in [3.63, 3.8) is 0 Å². The van der Waals surface area contributed by atoms with Crippen molar-refractivity contribution in [3.05, 3.63) is 18.1 Å². The van der Waals surface area contributed by atoms with Gasteiger partial charge in [0.15, 0.2) is 11.5 Å². The summed E-state index contributed by atoms with van der Waals surface area (Å²) in [5, 5.41) is 2.68. The zero-order chi connectivity index (χ0) is 9.68. The molecule has 0 fully saturated rings. The smallest absolute Gasteiger partial charge is 0.360 e. The molecule has 0 saturated heterocycles. The molecule has 1 heterocycles. The second-order valence-corrected chi connectivity index (χ2v) is 2.41. The third-order valence-corrected chi connectivity index (χ3v) is 1.58. The van der Waals surface area contributed by atoms with E-state index in [-0.39, 0.29) is 5.69 Å². The first-order valence-electron chi connectivity index (χ1n) is 3.74. The highest BCUT2D eigenvalue weighted by Gasteiger charge is 2.13. The van der Waals surface area contributed by atoms with Crippen molar-refractivity contribution in [2.24, 2.45) is 0 Å². The van der Waals surface area contributed by atoms with Crippen LogP contribution >= 0.6 is 9.39 Å². The average molecular weight is 199 g/mol. The molecule has 70 valence electrons. The van der Waals surface area contributed by atoms with Crippen LogP contribution < -0.4 is 5.09 Å². The van der Waals surface area contributed by atoms with Crippen molar-refractivity contribution in [3.8, 4) is 0 Å². The first kappa shape index (κ1) is 9.86. The summed E-state index contributed by atoms with van der Waals surface area (Å²) in [6, 6.07) is 0. The first-order valence-corrected chi connectivity index (χ1v) is 4.32. The molecule has 0 radical (unpaired) electrons. The summed E-state index contributed by atoms with van der Waals surface area (Å²) in [6.07, 6.45) is 2.94. The summed E-state index contributed by atoms with van der Waals surface area (Å²) in [5.41, 5.74) is 0.194. The van der Waals surface area contributed by atoms with Gasteiger partial charge in [-0.2, -0.15) is 0 Å². The number of carbonyl (C=O) groups is 1. The minimum absolute atomic E-state index is 0.194. The maximum Gasteiger partial charge on any atom is 0.360 e. The van der Waals surface area contributed by atoms with Gasteiger partial charge in [0.1, 0.15) is 0 Å². The number of ether oxygens (including phenoxy) is 1. The summed E-state index contributed by atoms with van der Waals surface area (Å²) in [7, 11) is 2.25. The standard InChI is InChI=1S/C7H10N3O2P/c1-2-12-7(11)5-6(10-13)9-4-3-8-5/h3-4H,2,13H2,1H3,(H,9,10). The maximum absolute atomic E-state index is 11.3. The van der Waals surface area contributed by atoms with Crippen LogP contribution in [-0.4, -0.2) is 22.5 Å². The number of esters is 1. The van der Waals surface area contributed by atoms with Gasteiger partial charge in [0.25, 0.3) is 0 Å². The Labute approximate surface area is 78.2 Å². The van der Waals surface area contributed by atoms with E-state index in [4.69, 9.17) is 4.74 Å². The molecule has 0 aliphatic carbocycles. The molecule has 0 amide bonds. The molecule has 0 aliphatic heterocycles. The zero-order valence-electron chi connectivity index (χ0n) is 7.15. The molecule has 0 spiro atoms. The van der Waals surface area contributed by atoms with Crippen LogP contribution in [0.1, 0.15) is 17.4 Å². The molecule has 1 aromatic heterocycles. The predicted molar refractivity (Wildman–Crippen MR) is 51.3 cm³/mol. The van der Waals surface area contributed by atoms with Crippen LogP contribution in [0.3, 0.4) is 0 Å². The van der Waals surface area contributed by atoms with E-state index in [2.05, 4.69) is 24.4 Å². The van der Waals surface area contributed by atoms with Crippen molar-refractivity contribution in [2.75, 3.05) is 11.7 Å². The van der Waals surface area contributed by atoms with Gasteiger partial charge in [-0.05, 0) is 16.3 Å². The Hall–Kier alpha value is -1.22. The van der Waals surface area contributed by atoms with Crippen molar-refractivity contribution in [2.45, 2.75) is 6.92 Å². The monoisotopic (exact) mass is 199 g/mol. The number of rotatable bonds is 3. The topological polar surface area (TPSA) is 64.1 Å². The third kappa shape index (κ3) is 2.36. The van der Waals surface area contributed by atoms with E-state index >= 15 is 0 Å². The molecule has 6 heteroatoms. The number of aromatic nitrogens is 2. The third-order valence-electron chi connectivity index (χ3n) is 1.30. The number of hydrogen-bond acceptors (Lipinski definition) is 5. The molecule has 0 bridgehead atoms. The summed E-state index contributed by atoms with van der Waals surface area (Å²) in [5.74, 6) is -0.0773. The molecular weight excluding hydrogens is 189 g/mol. The van der Waals surface area contributed by atoms with E-state index in [1.165, 1.54) is 12.4 Å². The van der Waals surface area contributed by atoms with Gasteiger partial charge in [-0.15, -0.1) is 0 Å². The maximum atomic E-state index is 11.3. The second-order valence-electron chi connectivity index (χ2n) is 2.12. The quantitative estimate of drug-likeness (QED) is 0.577. The molecule has 5 nitrogen and oxygen atoms in total. The van der Waals surface area contributed by atoms with Gasteiger partial charge in [0.05, 0.1) is 6.61 Å². The van der Waals surface area contributed by atoms with Crippen LogP contribution in [0.25, 0.3) is 0 Å². The van der Waals surface area contributed by atoms with E-state index in [9.17, 15) is 4.79 Å². The fourth-order valence-electron chi connectivity index (χ4n) is 0.792. The van der Waals surface area contributed by atoms with Gasteiger partial charge in [0, 0.05) is 12.4 Å². The summed E-state index contributed by atoms with van der Waals surface area (Å²) in [4.78, 5) is 19.0. The molecule has 0 aliphatic rings. The minimum Gasteiger partial charge on any atom is -0.461 e. The summed E-state index contributed by atoms with van der Waals surface area (Å²) >= 11 is 0. The second kappa shape index (κ2) is 4.72. The van der Waals surface area contributed by atoms with E-state index < -0.39 is 5.97 Å². The van der Waals surface area contributed by atoms with Crippen molar-refractivity contribution in [1.29, 1.82) is 0 Å². The molecule has 1 unspecified atom stereocenters. The summed E-state index contributed by atoms with van der Waals surface area (Å²) < 4.78 is 4.78. The van der Waals surface area contributed by atoms with Gasteiger partial charge < -0.3 is 9.82 Å². The molecule has 0 saturated carbocycles. The van der Waals surface area contributed by atoms with Gasteiger partial charge in [-0.3, -0.25) is 0 Å². The Balaban J connectivity index is 2.92. The minimum atomic E-state index is -0.472. The number of hydrogen-bond donors (Lipinski definition) is 1. The lowest BCUT2D eigenvalue weighted by molar-refractivity contribution is 0.0520. The van der Waals surface area contributed by atoms with Gasteiger partial charge in [-0.1, -0.05) is 0 Å². The van der Waals surface area contributed by atoms with Gasteiger partial charge >= 0.3 is 5.97 Å². The number of nitrogens with zero attached hydrogens (tertiary/aromatic N) is 2. The van der Waals surface area contributed by atoms with Gasteiger partial charge in [0.2, 0.25) is 0 Å². The molecular formula is C7H10N3O2P. The summed E-state index contributed by atoms with van der Waals surface area (Å²) in [6.45, 7) is 2.06. The average Bonchev–Trinajstić information content (AvgIpc) is 2.18. The normalized spacial score (nSPS) is 9.38. The van der Waals surface area contributed by atoms with Crippen LogP contribution in [0.15, 0.2) is 12.4 Å². The Morgan fingerprint density at radius 1 is 1.62 bits per heavy atom. The number of nitrogens with one attached hydrogen (secondary N) is 1. The Bertz CT molecular complexity index is 306. The zero-order valence-corrected chi connectivity index (χ0v) is 8.30.